The lowest BCUT2D eigenvalue weighted by Gasteiger charge is -2.48. The van der Waals surface area contributed by atoms with E-state index in [1.165, 1.54) is 0 Å². The fourth-order valence-electron chi connectivity index (χ4n) is 3.06. The van der Waals surface area contributed by atoms with Crippen LogP contribution in [0.2, 0.25) is 0 Å². The van der Waals surface area contributed by atoms with Crippen molar-refractivity contribution in [2.75, 3.05) is 6.54 Å². The molecule has 0 saturated carbocycles. The van der Waals surface area contributed by atoms with Crippen LogP contribution in [0.1, 0.15) is 47.0 Å². The Labute approximate surface area is 103 Å². The number of hydrogen-bond donors (Lipinski definition) is 0. The number of rotatable bonds is 1. The van der Waals surface area contributed by atoms with Gasteiger partial charge in [-0.2, -0.15) is 0 Å². The maximum atomic E-state index is 12.5. The van der Waals surface area contributed by atoms with Gasteiger partial charge in [-0.05, 0) is 40.0 Å². The molecule has 2 amide bonds. The Bertz CT molecular complexity index is 346. The van der Waals surface area contributed by atoms with E-state index < -0.39 is 0 Å². The zero-order valence-corrected chi connectivity index (χ0v) is 11.2. The number of carbonyl (C=O) groups is 2. The van der Waals surface area contributed by atoms with Crippen LogP contribution in [0.25, 0.3) is 0 Å². The molecule has 2 aliphatic heterocycles. The molecule has 0 aliphatic carbocycles. The van der Waals surface area contributed by atoms with Crippen LogP contribution in [0.3, 0.4) is 0 Å². The Morgan fingerprint density at radius 2 is 1.88 bits per heavy atom. The fourth-order valence-corrected chi connectivity index (χ4v) is 3.06. The van der Waals surface area contributed by atoms with Crippen molar-refractivity contribution in [3.05, 3.63) is 0 Å². The van der Waals surface area contributed by atoms with Gasteiger partial charge in [-0.1, -0.05) is 6.92 Å². The monoisotopic (exact) mass is 238 g/mol. The second kappa shape index (κ2) is 4.00. The molecule has 96 valence electrons. The molecule has 2 aliphatic rings. The zero-order chi connectivity index (χ0) is 12.8. The lowest BCUT2D eigenvalue weighted by Crippen LogP contribution is -2.67. The summed E-state index contributed by atoms with van der Waals surface area (Å²) < 4.78 is 0. The third-order valence-electron chi connectivity index (χ3n) is 3.76. The van der Waals surface area contributed by atoms with Gasteiger partial charge in [0.1, 0.15) is 12.1 Å². The highest BCUT2D eigenvalue weighted by molar-refractivity contribution is 5.97. The fraction of sp³-hybridized carbons (Fsp3) is 0.846. The predicted molar refractivity (Wildman–Crippen MR) is 65.4 cm³/mol. The molecule has 0 aromatic heterocycles. The summed E-state index contributed by atoms with van der Waals surface area (Å²) in [4.78, 5) is 28.5. The molecule has 2 heterocycles. The molecule has 0 aromatic carbocycles. The normalized spacial score (nSPS) is 29.9. The maximum Gasteiger partial charge on any atom is 0.246 e. The first kappa shape index (κ1) is 12.4. The zero-order valence-electron chi connectivity index (χ0n) is 11.2. The summed E-state index contributed by atoms with van der Waals surface area (Å²) in [5.74, 6) is 0.283. The van der Waals surface area contributed by atoms with E-state index in [0.29, 0.717) is 6.42 Å². The molecule has 2 atom stereocenters. The van der Waals surface area contributed by atoms with Crippen molar-refractivity contribution in [3.8, 4) is 0 Å². The van der Waals surface area contributed by atoms with Gasteiger partial charge in [-0.25, -0.2) is 0 Å². The molecule has 0 bridgehead atoms. The molecular weight excluding hydrogens is 216 g/mol. The highest BCUT2D eigenvalue weighted by Gasteiger charge is 2.49. The van der Waals surface area contributed by atoms with Crippen molar-refractivity contribution in [2.24, 2.45) is 0 Å². The molecule has 2 fully saturated rings. The van der Waals surface area contributed by atoms with E-state index in [0.717, 1.165) is 19.4 Å². The van der Waals surface area contributed by atoms with E-state index >= 15 is 0 Å². The molecule has 17 heavy (non-hydrogen) atoms. The van der Waals surface area contributed by atoms with Gasteiger partial charge in [0, 0.05) is 12.1 Å². The second-order valence-corrected chi connectivity index (χ2v) is 5.99. The summed E-state index contributed by atoms with van der Waals surface area (Å²) in [5, 5.41) is 0. The summed E-state index contributed by atoms with van der Waals surface area (Å²) in [7, 11) is 0. The minimum absolute atomic E-state index is 0.140. The number of hydrogen-bond acceptors (Lipinski definition) is 2. The first-order chi connectivity index (χ1) is 7.88. The van der Waals surface area contributed by atoms with Crippen molar-refractivity contribution < 1.29 is 9.59 Å². The standard InChI is InChI=1S/C13H22N2O2/c1-5-9-11(16)14-8-6-7-10(14)12(17)15(9)13(2,3)4/h9-10H,5-8H2,1-4H3. The smallest absolute Gasteiger partial charge is 0.246 e. The topological polar surface area (TPSA) is 40.6 Å². The lowest BCUT2D eigenvalue weighted by atomic mass is 9.95. The van der Waals surface area contributed by atoms with Gasteiger partial charge < -0.3 is 9.80 Å². The molecule has 2 rings (SSSR count). The number of piperazine rings is 1. The van der Waals surface area contributed by atoms with Crippen LogP contribution in [-0.2, 0) is 9.59 Å². The molecule has 0 spiro atoms. The summed E-state index contributed by atoms with van der Waals surface area (Å²) in [5.41, 5.74) is -0.276. The first-order valence-electron chi connectivity index (χ1n) is 6.51. The van der Waals surface area contributed by atoms with Gasteiger partial charge in [-0.3, -0.25) is 9.59 Å². The average Bonchev–Trinajstić information content (AvgIpc) is 2.70. The van der Waals surface area contributed by atoms with Crippen LogP contribution in [0.4, 0.5) is 0 Å². The second-order valence-electron chi connectivity index (χ2n) is 5.99. The number of amides is 2. The van der Waals surface area contributed by atoms with Gasteiger partial charge in [0.25, 0.3) is 0 Å². The van der Waals surface area contributed by atoms with E-state index in [9.17, 15) is 9.59 Å². The van der Waals surface area contributed by atoms with E-state index in [4.69, 9.17) is 0 Å². The van der Waals surface area contributed by atoms with E-state index in [1.807, 2.05) is 32.6 Å². The summed E-state index contributed by atoms with van der Waals surface area (Å²) in [6.45, 7) is 8.75. The molecule has 2 unspecified atom stereocenters. The Hall–Kier alpha value is -1.06. The molecule has 2 saturated heterocycles. The minimum atomic E-state index is -0.276. The van der Waals surface area contributed by atoms with Crippen LogP contribution in [0.5, 0.6) is 0 Å². The predicted octanol–water partition coefficient (Wildman–Crippen LogP) is 1.40. The minimum Gasteiger partial charge on any atom is -0.329 e. The van der Waals surface area contributed by atoms with Gasteiger partial charge in [-0.15, -0.1) is 0 Å². The lowest BCUT2D eigenvalue weighted by molar-refractivity contribution is -0.165. The summed E-state index contributed by atoms with van der Waals surface area (Å²) in [6.07, 6.45) is 2.48. The Kier molecular flexibility index (Phi) is 2.92. The molecule has 4 heteroatoms. The van der Waals surface area contributed by atoms with Crippen LogP contribution in [-0.4, -0.2) is 45.8 Å². The van der Waals surface area contributed by atoms with Gasteiger partial charge >= 0.3 is 0 Å². The van der Waals surface area contributed by atoms with Crippen LogP contribution >= 0.6 is 0 Å². The van der Waals surface area contributed by atoms with Crippen molar-refractivity contribution >= 4 is 11.8 Å². The van der Waals surface area contributed by atoms with Crippen molar-refractivity contribution in [1.82, 2.24) is 9.80 Å². The third-order valence-corrected chi connectivity index (χ3v) is 3.76. The highest BCUT2D eigenvalue weighted by atomic mass is 16.2. The van der Waals surface area contributed by atoms with Gasteiger partial charge in [0.05, 0.1) is 0 Å². The number of nitrogens with zero attached hydrogens (tertiary/aromatic N) is 2. The molecular formula is C13H22N2O2. The van der Waals surface area contributed by atoms with Crippen molar-refractivity contribution in [3.63, 3.8) is 0 Å². The number of fused-ring (bicyclic) bond motifs is 1. The highest BCUT2D eigenvalue weighted by Crippen LogP contribution is 2.32. The van der Waals surface area contributed by atoms with Crippen LogP contribution in [0.15, 0.2) is 0 Å². The van der Waals surface area contributed by atoms with Crippen molar-refractivity contribution in [2.45, 2.75) is 64.6 Å². The van der Waals surface area contributed by atoms with Gasteiger partial charge in [0.2, 0.25) is 11.8 Å². The molecule has 0 N–H and O–H groups in total. The molecule has 0 radical (unpaired) electrons. The van der Waals surface area contributed by atoms with E-state index in [1.54, 1.807) is 4.90 Å². The average molecular weight is 238 g/mol. The summed E-state index contributed by atoms with van der Waals surface area (Å²) >= 11 is 0. The largest absolute Gasteiger partial charge is 0.329 e. The van der Waals surface area contributed by atoms with Crippen LogP contribution in [0, 0.1) is 0 Å². The van der Waals surface area contributed by atoms with Crippen molar-refractivity contribution in [1.29, 1.82) is 0 Å². The Morgan fingerprint density at radius 3 is 2.41 bits per heavy atom. The van der Waals surface area contributed by atoms with E-state index in [2.05, 4.69) is 0 Å². The van der Waals surface area contributed by atoms with E-state index in [-0.39, 0.29) is 29.4 Å². The number of carbonyl (C=O) groups excluding carboxylic acids is 2. The molecule has 4 nitrogen and oxygen atoms in total. The quantitative estimate of drug-likeness (QED) is 0.693. The molecule has 0 aromatic rings. The van der Waals surface area contributed by atoms with Crippen LogP contribution < -0.4 is 0 Å². The Morgan fingerprint density at radius 1 is 1.24 bits per heavy atom. The maximum absolute atomic E-state index is 12.5. The van der Waals surface area contributed by atoms with Gasteiger partial charge in [0.15, 0.2) is 0 Å². The summed E-state index contributed by atoms with van der Waals surface area (Å²) in [6, 6.07) is -0.457. The SMILES string of the molecule is CCC1C(=O)N2CCCC2C(=O)N1C(C)(C)C. The Balaban J connectivity index is 2.37. The first-order valence-corrected chi connectivity index (χ1v) is 6.51. The third kappa shape index (κ3) is 1.83.